The average Bonchev–Trinajstić information content (AvgIpc) is 3.40. The number of anilines is 2. The van der Waals surface area contributed by atoms with Crippen LogP contribution in [0.3, 0.4) is 0 Å². The molecule has 2 aliphatic heterocycles. The van der Waals surface area contributed by atoms with Gasteiger partial charge in [-0.3, -0.25) is 9.59 Å². The molecule has 2 aliphatic rings. The number of hydrogen-bond acceptors (Lipinski definition) is 7. The molecule has 1 aromatic heterocycles. The summed E-state index contributed by atoms with van der Waals surface area (Å²) in [7, 11) is 0. The zero-order chi connectivity index (χ0) is 24.1. The molecule has 9 nitrogen and oxygen atoms in total. The predicted molar refractivity (Wildman–Crippen MR) is 134 cm³/mol. The van der Waals surface area contributed by atoms with Crippen molar-refractivity contribution in [2.45, 2.75) is 18.4 Å². The van der Waals surface area contributed by atoms with Crippen molar-refractivity contribution in [3.63, 3.8) is 0 Å². The van der Waals surface area contributed by atoms with Gasteiger partial charge >= 0.3 is 0 Å². The fourth-order valence-corrected chi connectivity index (χ4v) is 5.35. The monoisotopic (exact) mass is 565 g/mol. The van der Waals surface area contributed by atoms with Gasteiger partial charge in [-0.05, 0) is 46.3 Å². The highest BCUT2D eigenvalue weighted by Gasteiger charge is 2.44. The van der Waals surface area contributed by atoms with Gasteiger partial charge in [-0.25, -0.2) is 0 Å². The van der Waals surface area contributed by atoms with Gasteiger partial charge in [0, 0.05) is 31.7 Å². The molecule has 12 heteroatoms. The second-order valence-electron chi connectivity index (χ2n) is 7.70. The number of benzene rings is 1. The molecular formula is C22H21BrClN5O4S. The van der Waals surface area contributed by atoms with Crippen molar-refractivity contribution in [3.05, 3.63) is 44.0 Å². The van der Waals surface area contributed by atoms with Gasteiger partial charge in [0.1, 0.15) is 11.4 Å². The quantitative estimate of drug-likeness (QED) is 0.532. The van der Waals surface area contributed by atoms with E-state index in [1.807, 2.05) is 11.1 Å². The van der Waals surface area contributed by atoms with Gasteiger partial charge in [-0.2, -0.15) is 10.3 Å². The molecule has 1 atom stereocenters. The molecule has 1 unspecified atom stereocenters. The summed E-state index contributed by atoms with van der Waals surface area (Å²) in [6.07, 6.45) is 2.67. The first kappa shape index (κ1) is 24.6. The molecule has 2 N–H and O–H groups in total. The Morgan fingerprint density at radius 2 is 2.09 bits per heavy atom. The standard InChI is InChI=1S/C22H21BrClN5O4S/c23-18-4-3-17(34-18)20(30)28-22(6-9-33-12-22)21(31)27-14-1-2-16(15(24)11-14)29-7-10-32-8-5-19(29)26-13-25/h1-4,11H,5-10,12H2,(H,27,31)(H,28,30)/b26-19+. The van der Waals surface area contributed by atoms with E-state index >= 15 is 0 Å². The van der Waals surface area contributed by atoms with Crippen molar-refractivity contribution in [1.82, 2.24) is 5.32 Å². The average molecular weight is 567 g/mol. The van der Waals surface area contributed by atoms with Crippen molar-refractivity contribution < 1.29 is 19.1 Å². The lowest BCUT2D eigenvalue weighted by Gasteiger charge is -2.28. The normalized spacial score (nSPS) is 21.7. The fraction of sp³-hybridized carbons (Fsp3) is 0.364. The number of aliphatic imine (C=N–C) groups is 1. The van der Waals surface area contributed by atoms with E-state index in [1.165, 1.54) is 11.3 Å². The van der Waals surface area contributed by atoms with Gasteiger partial charge < -0.3 is 25.0 Å². The lowest BCUT2D eigenvalue weighted by molar-refractivity contribution is -0.122. The lowest BCUT2D eigenvalue weighted by Crippen LogP contribution is -2.57. The van der Waals surface area contributed by atoms with E-state index in [4.69, 9.17) is 26.3 Å². The molecule has 2 aromatic rings. The predicted octanol–water partition coefficient (Wildman–Crippen LogP) is 3.80. The summed E-state index contributed by atoms with van der Waals surface area (Å²) in [5.74, 6) is -0.145. The van der Waals surface area contributed by atoms with Crippen molar-refractivity contribution in [1.29, 1.82) is 5.26 Å². The molecule has 2 saturated heterocycles. The maximum atomic E-state index is 13.3. The third-order valence-corrected chi connectivity index (χ3v) is 7.45. The van der Waals surface area contributed by atoms with Crippen molar-refractivity contribution in [3.8, 4) is 6.19 Å². The summed E-state index contributed by atoms with van der Waals surface area (Å²) in [5.41, 5.74) is -0.0504. The Bertz CT molecular complexity index is 1160. The number of ether oxygens (including phenoxy) is 2. The first-order valence-electron chi connectivity index (χ1n) is 10.5. The van der Waals surface area contributed by atoms with E-state index in [1.54, 1.807) is 30.3 Å². The second kappa shape index (κ2) is 10.8. The zero-order valence-electron chi connectivity index (χ0n) is 18.0. The van der Waals surface area contributed by atoms with Crippen LogP contribution in [-0.4, -0.2) is 56.2 Å². The Kier molecular flexibility index (Phi) is 7.85. The van der Waals surface area contributed by atoms with Crippen LogP contribution < -0.4 is 15.5 Å². The Labute approximate surface area is 213 Å². The first-order chi connectivity index (χ1) is 16.4. The molecule has 2 amide bonds. The van der Waals surface area contributed by atoms with Gasteiger partial charge in [-0.15, -0.1) is 11.3 Å². The number of hydrogen-bond donors (Lipinski definition) is 2. The molecule has 1 aromatic carbocycles. The van der Waals surface area contributed by atoms with Crippen LogP contribution in [0, 0.1) is 11.5 Å². The number of carbonyl (C=O) groups is 2. The molecule has 0 bridgehead atoms. The van der Waals surface area contributed by atoms with Crippen LogP contribution in [0.4, 0.5) is 11.4 Å². The number of halogens is 2. The maximum Gasteiger partial charge on any atom is 0.262 e. The number of carbonyl (C=O) groups excluding carboxylic acids is 2. The van der Waals surface area contributed by atoms with Crippen molar-refractivity contribution in [2.75, 3.05) is 43.2 Å². The van der Waals surface area contributed by atoms with Gasteiger partial charge in [0.2, 0.25) is 6.19 Å². The number of nitrogens with one attached hydrogen (secondary N) is 2. The van der Waals surface area contributed by atoms with Crippen LogP contribution in [0.1, 0.15) is 22.5 Å². The molecule has 0 saturated carbocycles. The summed E-state index contributed by atoms with van der Waals surface area (Å²) in [6, 6.07) is 8.59. The zero-order valence-corrected chi connectivity index (χ0v) is 21.1. The Morgan fingerprint density at radius 3 is 2.76 bits per heavy atom. The Hall–Kier alpha value is -2.49. The number of amides is 2. The van der Waals surface area contributed by atoms with Gasteiger partial charge in [0.15, 0.2) is 0 Å². The van der Waals surface area contributed by atoms with Crippen molar-refractivity contribution in [2.24, 2.45) is 4.99 Å². The fourth-order valence-electron chi connectivity index (χ4n) is 3.79. The van der Waals surface area contributed by atoms with Crippen molar-refractivity contribution >= 4 is 67.9 Å². The molecule has 3 heterocycles. The molecule has 0 radical (unpaired) electrons. The van der Waals surface area contributed by atoms with E-state index in [0.29, 0.717) is 66.3 Å². The van der Waals surface area contributed by atoms with E-state index in [2.05, 4.69) is 31.6 Å². The van der Waals surface area contributed by atoms with Gasteiger partial charge in [-0.1, -0.05) is 11.6 Å². The molecule has 34 heavy (non-hydrogen) atoms. The highest BCUT2D eigenvalue weighted by Crippen LogP contribution is 2.31. The van der Waals surface area contributed by atoms with Gasteiger partial charge in [0.25, 0.3) is 11.8 Å². The molecular weight excluding hydrogens is 546 g/mol. The summed E-state index contributed by atoms with van der Waals surface area (Å²) >= 11 is 11.2. The number of amidine groups is 1. The summed E-state index contributed by atoms with van der Waals surface area (Å²) in [6.45, 7) is 1.88. The Morgan fingerprint density at radius 1 is 1.24 bits per heavy atom. The van der Waals surface area contributed by atoms with E-state index < -0.39 is 5.54 Å². The third kappa shape index (κ3) is 5.42. The third-order valence-electron chi connectivity index (χ3n) is 5.52. The van der Waals surface area contributed by atoms with Crippen LogP contribution >= 0.6 is 38.9 Å². The van der Waals surface area contributed by atoms with E-state index in [0.717, 1.165) is 3.79 Å². The van der Waals surface area contributed by atoms with Crippen LogP contribution in [0.5, 0.6) is 0 Å². The minimum atomic E-state index is -1.19. The summed E-state index contributed by atoms with van der Waals surface area (Å²) in [4.78, 5) is 32.2. The topological polar surface area (TPSA) is 116 Å². The number of rotatable bonds is 5. The lowest BCUT2D eigenvalue weighted by atomic mass is 9.97. The van der Waals surface area contributed by atoms with E-state index in [9.17, 15) is 9.59 Å². The number of thiophene rings is 1. The summed E-state index contributed by atoms with van der Waals surface area (Å²) < 4.78 is 11.8. The molecule has 4 rings (SSSR count). The van der Waals surface area contributed by atoms with Crippen LogP contribution in [0.25, 0.3) is 0 Å². The molecule has 2 fully saturated rings. The number of nitriles is 1. The minimum Gasteiger partial charge on any atom is -0.379 e. The van der Waals surface area contributed by atoms with Crippen LogP contribution in [0.2, 0.25) is 5.02 Å². The maximum absolute atomic E-state index is 13.3. The minimum absolute atomic E-state index is 0.0741. The molecule has 0 spiro atoms. The number of nitrogens with zero attached hydrogens (tertiary/aromatic N) is 3. The summed E-state index contributed by atoms with van der Waals surface area (Å²) in [5, 5.41) is 15.1. The highest BCUT2D eigenvalue weighted by molar-refractivity contribution is 9.11. The largest absolute Gasteiger partial charge is 0.379 e. The molecule has 178 valence electrons. The second-order valence-corrected chi connectivity index (χ2v) is 10.6. The Balaban J connectivity index is 1.51. The van der Waals surface area contributed by atoms with E-state index in [-0.39, 0.29) is 18.4 Å². The highest BCUT2D eigenvalue weighted by atomic mass is 79.9. The smallest absolute Gasteiger partial charge is 0.262 e. The molecule has 0 aliphatic carbocycles. The van der Waals surface area contributed by atoms with Gasteiger partial charge in [0.05, 0.1) is 39.2 Å². The SMILES string of the molecule is N#C/N=C1\CCOCCN1c1ccc(NC(=O)C2(NC(=O)c3ccc(Br)s3)CCOC2)cc1Cl. The first-order valence-corrected chi connectivity index (χ1v) is 12.5. The van der Waals surface area contributed by atoms with Crippen LogP contribution in [-0.2, 0) is 14.3 Å². The van der Waals surface area contributed by atoms with Crippen LogP contribution in [0.15, 0.2) is 39.1 Å².